The van der Waals surface area contributed by atoms with Gasteiger partial charge in [0.05, 0.1) is 11.3 Å². The van der Waals surface area contributed by atoms with Crippen LogP contribution in [0.3, 0.4) is 0 Å². The number of benzene rings is 3. The zero-order valence-electron chi connectivity index (χ0n) is 18.5. The second-order valence-electron chi connectivity index (χ2n) is 7.92. The van der Waals surface area contributed by atoms with Crippen molar-refractivity contribution in [3.63, 3.8) is 0 Å². The summed E-state index contributed by atoms with van der Waals surface area (Å²) in [5.74, 6) is -0.875. The van der Waals surface area contributed by atoms with Crippen LogP contribution in [0.1, 0.15) is 26.3 Å². The van der Waals surface area contributed by atoms with Crippen LogP contribution in [0.15, 0.2) is 79.0 Å². The molecule has 0 aliphatic carbocycles. The fraction of sp³-hybridized carbons (Fsp3) is 0.115. The minimum absolute atomic E-state index is 0.157. The van der Waals surface area contributed by atoms with E-state index in [1.165, 1.54) is 17.0 Å². The Morgan fingerprint density at radius 3 is 2.39 bits per heavy atom. The minimum atomic E-state index is -0.366. The summed E-state index contributed by atoms with van der Waals surface area (Å²) in [6, 6.07) is 20.4. The van der Waals surface area contributed by atoms with Crippen LogP contribution in [0.25, 0.3) is 16.9 Å². The molecule has 0 atom stereocenters. The molecule has 4 aromatic rings. The van der Waals surface area contributed by atoms with Crippen molar-refractivity contribution in [2.24, 2.45) is 0 Å². The summed E-state index contributed by atoms with van der Waals surface area (Å²) in [6.45, 7) is 1.97. The number of hydrogen-bond acceptors (Lipinski definition) is 3. The topological polar surface area (TPSA) is 67.2 Å². The van der Waals surface area contributed by atoms with Gasteiger partial charge in [-0.15, -0.1) is 0 Å². The van der Waals surface area contributed by atoms with Gasteiger partial charge in [0.1, 0.15) is 11.5 Å². The third-order valence-corrected chi connectivity index (χ3v) is 5.12. The van der Waals surface area contributed by atoms with E-state index in [9.17, 15) is 14.0 Å². The number of aromatic nitrogens is 2. The van der Waals surface area contributed by atoms with Crippen LogP contribution in [0.4, 0.5) is 10.1 Å². The summed E-state index contributed by atoms with van der Waals surface area (Å²) in [7, 11) is 3.34. The molecule has 2 amide bonds. The van der Waals surface area contributed by atoms with Crippen LogP contribution in [0.2, 0.25) is 0 Å². The maximum atomic E-state index is 13.4. The molecule has 7 heteroatoms. The average Bonchev–Trinajstić information content (AvgIpc) is 3.25. The Bertz CT molecular complexity index is 1330. The Morgan fingerprint density at radius 1 is 0.970 bits per heavy atom. The SMILES string of the molecule is Cc1cccc(-c2nn(-c3ccc(F)cc3)cc2C(=O)Nc2cccc(C(=O)N(C)C)c2)c1. The van der Waals surface area contributed by atoms with Crippen LogP contribution < -0.4 is 5.32 Å². The third-order valence-electron chi connectivity index (χ3n) is 5.12. The highest BCUT2D eigenvalue weighted by atomic mass is 19.1. The molecule has 166 valence electrons. The smallest absolute Gasteiger partial charge is 0.259 e. The molecular formula is C26H23FN4O2. The zero-order chi connectivity index (χ0) is 23.5. The van der Waals surface area contributed by atoms with Gasteiger partial charge in [0.15, 0.2) is 0 Å². The molecular weight excluding hydrogens is 419 g/mol. The molecule has 6 nitrogen and oxygen atoms in total. The number of carbonyl (C=O) groups is 2. The Hall–Kier alpha value is -4.26. The molecule has 0 aliphatic rings. The largest absolute Gasteiger partial charge is 0.345 e. The Balaban J connectivity index is 1.73. The molecule has 1 heterocycles. The predicted octanol–water partition coefficient (Wildman–Crippen LogP) is 4.94. The second kappa shape index (κ2) is 9.08. The maximum Gasteiger partial charge on any atom is 0.259 e. The molecule has 4 rings (SSSR count). The van der Waals surface area contributed by atoms with Gasteiger partial charge in [0.25, 0.3) is 11.8 Å². The van der Waals surface area contributed by atoms with E-state index in [1.54, 1.807) is 61.4 Å². The summed E-state index contributed by atoms with van der Waals surface area (Å²) in [4.78, 5) is 27.0. The highest BCUT2D eigenvalue weighted by Crippen LogP contribution is 2.26. The lowest BCUT2D eigenvalue weighted by Gasteiger charge is -2.11. The van der Waals surface area contributed by atoms with E-state index < -0.39 is 0 Å². The first-order valence-corrected chi connectivity index (χ1v) is 10.4. The fourth-order valence-electron chi connectivity index (χ4n) is 3.46. The number of amides is 2. The van der Waals surface area contributed by atoms with Crippen LogP contribution in [-0.4, -0.2) is 40.6 Å². The van der Waals surface area contributed by atoms with Crippen LogP contribution in [-0.2, 0) is 0 Å². The second-order valence-corrected chi connectivity index (χ2v) is 7.92. The highest BCUT2D eigenvalue weighted by molar-refractivity contribution is 6.08. The van der Waals surface area contributed by atoms with E-state index in [1.807, 2.05) is 31.2 Å². The van der Waals surface area contributed by atoms with Crippen molar-refractivity contribution >= 4 is 17.5 Å². The fourth-order valence-corrected chi connectivity index (χ4v) is 3.46. The zero-order valence-corrected chi connectivity index (χ0v) is 18.5. The summed E-state index contributed by atoms with van der Waals surface area (Å²) in [5.41, 5.74) is 4.28. The first-order valence-electron chi connectivity index (χ1n) is 10.4. The van der Waals surface area contributed by atoms with Gasteiger partial charge < -0.3 is 10.2 Å². The van der Waals surface area contributed by atoms with E-state index in [4.69, 9.17) is 0 Å². The number of nitrogens with one attached hydrogen (secondary N) is 1. The number of hydrogen-bond donors (Lipinski definition) is 1. The third kappa shape index (κ3) is 4.82. The lowest BCUT2D eigenvalue weighted by molar-refractivity contribution is 0.0827. The average molecular weight is 442 g/mol. The molecule has 1 aromatic heterocycles. The van der Waals surface area contributed by atoms with Gasteiger partial charge in [-0.1, -0.05) is 29.8 Å². The van der Waals surface area contributed by atoms with Crippen molar-refractivity contribution in [2.45, 2.75) is 6.92 Å². The molecule has 0 fully saturated rings. The van der Waals surface area contributed by atoms with Crippen LogP contribution >= 0.6 is 0 Å². The summed E-state index contributed by atoms with van der Waals surface area (Å²) < 4.78 is 14.9. The molecule has 0 radical (unpaired) electrons. The van der Waals surface area contributed by atoms with Crippen molar-refractivity contribution < 1.29 is 14.0 Å². The van der Waals surface area contributed by atoms with Crippen molar-refractivity contribution in [3.8, 4) is 16.9 Å². The molecule has 0 spiro atoms. The van der Waals surface area contributed by atoms with Gasteiger partial charge in [-0.2, -0.15) is 5.10 Å². The summed E-state index contributed by atoms with van der Waals surface area (Å²) in [5, 5.41) is 7.49. The predicted molar refractivity (Wildman–Crippen MR) is 126 cm³/mol. The van der Waals surface area contributed by atoms with Crippen molar-refractivity contribution in [3.05, 3.63) is 102 Å². The molecule has 1 N–H and O–H groups in total. The number of rotatable bonds is 5. The molecule has 3 aromatic carbocycles. The van der Waals surface area contributed by atoms with Crippen molar-refractivity contribution in [2.75, 3.05) is 19.4 Å². The number of nitrogens with zero attached hydrogens (tertiary/aromatic N) is 3. The van der Waals surface area contributed by atoms with E-state index in [0.717, 1.165) is 11.1 Å². The quantitative estimate of drug-likeness (QED) is 0.476. The van der Waals surface area contributed by atoms with Gasteiger partial charge in [0, 0.05) is 37.1 Å². The number of carbonyl (C=O) groups excluding carboxylic acids is 2. The van der Waals surface area contributed by atoms with Gasteiger partial charge >= 0.3 is 0 Å². The van der Waals surface area contributed by atoms with E-state index in [2.05, 4.69) is 10.4 Å². The normalized spacial score (nSPS) is 10.7. The Labute approximate surface area is 191 Å². The Kier molecular flexibility index (Phi) is 6.04. The van der Waals surface area contributed by atoms with Gasteiger partial charge in [-0.25, -0.2) is 9.07 Å². The molecule has 0 saturated carbocycles. The lowest BCUT2D eigenvalue weighted by Crippen LogP contribution is -2.22. The molecule has 0 aliphatic heterocycles. The van der Waals surface area contributed by atoms with Crippen molar-refractivity contribution in [1.82, 2.24) is 14.7 Å². The monoisotopic (exact) mass is 442 g/mol. The molecule has 0 unspecified atom stereocenters. The highest BCUT2D eigenvalue weighted by Gasteiger charge is 2.20. The number of aryl methyl sites for hydroxylation is 1. The van der Waals surface area contributed by atoms with E-state index >= 15 is 0 Å². The van der Waals surface area contributed by atoms with E-state index in [0.29, 0.717) is 28.2 Å². The maximum absolute atomic E-state index is 13.4. The summed E-state index contributed by atoms with van der Waals surface area (Å²) in [6.07, 6.45) is 1.62. The van der Waals surface area contributed by atoms with Crippen LogP contribution in [0.5, 0.6) is 0 Å². The van der Waals surface area contributed by atoms with Crippen molar-refractivity contribution in [1.29, 1.82) is 0 Å². The van der Waals surface area contributed by atoms with Gasteiger partial charge in [-0.3, -0.25) is 9.59 Å². The lowest BCUT2D eigenvalue weighted by atomic mass is 10.1. The summed E-state index contributed by atoms with van der Waals surface area (Å²) >= 11 is 0. The standard InChI is InChI=1S/C26H23FN4O2/c1-17-6-4-7-18(14-17)24-23(16-31(29-24)22-12-10-20(27)11-13-22)25(32)28-21-9-5-8-19(15-21)26(33)30(2)3/h4-16H,1-3H3,(H,28,32). The van der Waals surface area contributed by atoms with Gasteiger partial charge in [0.2, 0.25) is 0 Å². The van der Waals surface area contributed by atoms with E-state index in [-0.39, 0.29) is 17.6 Å². The first-order chi connectivity index (χ1) is 15.8. The van der Waals surface area contributed by atoms with Gasteiger partial charge in [-0.05, 0) is 55.5 Å². The molecule has 0 bridgehead atoms. The first kappa shape index (κ1) is 22.0. The number of anilines is 1. The minimum Gasteiger partial charge on any atom is -0.345 e. The molecule has 0 saturated heterocycles. The number of halogens is 1. The Morgan fingerprint density at radius 2 is 1.70 bits per heavy atom. The molecule has 33 heavy (non-hydrogen) atoms. The van der Waals surface area contributed by atoms with Crippen LogP contribution in [0, 0.1) is 12.7 Å².